The van der Waals surface area contributed by atoms with Crippen molar-refractivity contribution in [1.29, 1.82) is 0 Å². The summed E-state index contributed by atoms with van der Waals surface area (Å²) in [6.45, 7) is 1.81. The number of nitrogens with one attached hydrogen (secondary N) is 1. The van der Waals surface area contributed by atoms with Gasteiger partial charge in [0, 0.05) is 23.6 Å². The molecule has 5 rings (SSSR count). The normalized spacial score (nSPS) is 11.1. The average molecular weight is 474 g/mol. The smallest absolute Gasteiger partial charge is 0.280 e. The van der Waals surface area contributed by atoms with Crippen LogP contribution in [0.1, 0.15) is 11.4 Å². The number of rotatable bonds is 6. The van der Waals surface area contributed by atoms with E-state index in [2.05, 4.69) is 15.4 Å². The molecule has 1 N–H and O–H groups in total. The Balaban J connectivity index is 1.57. The summed E-state index contributed by atoms with van der Waals surface area (Å²) in [5.74, 6) is 0.215. The van der Waals surface area contributed by atoms with Gasteiger partial charge < -0.3 is 9.88 Å². The van der Waals surface area contributed by atoms with E-state index >= 15 is 0 Å². The zero-order chi connectivity index (χ0) is 23.7. The quantitative estimate of drug-likeness (QED) is 0.408. The molecule has 4 heterocycles. The number of amides is 1. The molecule has 170 valence electrons. The maximum atomic E-state index is 13.5. The Labute approximate surface area is 199 Å². The van der Waals surface area contributed by atoms with Gasteiger partial charge in [-0.15, -0.1) is 0 Å². The first-order valence-electron chi connectivity index (χ1n) is 10.6. The number of carbonyl (C=O) groups is 1. The monoisotopic (exact) mass is 473 g/mol. The molecule has 0 bridgehead atoms. The Morgan fingerprint density at radius 1 is 1.03 bits per heavy atom. The molecule has 0 unspecified atom stereocenters. The Morgan fingerprint density at radius 2 is 1.79 bits per heavy atom. The Kier molecular flexibility index (Phi) is 5.69. The molecule has 0 aliphatic heterocycles. The highest BCUT2D eigenvalue weighted by atomic mass is 35.5. The molecule has 1 amide bonds. The van der Waals surface area contributed by atoms with Crippen molar-refractivity contribution in [3.63, 3.8) is 0 Å². The summed E-state index contributed by atoms with van der Waals surface area (Å²) in [6.07, 6.45) is 5.33. The molecule has 0 radical (unpaired) electrons. The van der Waals surface area contributed by atoms with Crippen LogP contribution in [0.3, 0.4) is 0 Å². The second kappa shape index (κ2) is 8.95. The van der Waals surface area contributed by atoms with Gasteiger partial charge in [0.05, 0.1) is 23.6 Å². The minimum absolute atomic E-state index is 0.223. The van der Waals surface area contributed by atoms with E-state index in [1.165, 1.54) is 4.68 Å². The molecule has 0 saturated heterocycles. The van der Waals surface area contributed by atoms with Gasteiger partial charge in [0.1, 0.15) is 17.4 Å². The van der Waals surface area contributed by atoms with Gasteiger partial charge in [-0.1, -0.05) is 17.7 Å². The first-order valence-corrected chi connectivity index (χ1v) is 11.0. The van der Waals surface area contributed by atoms with E-state index in [1.807, 2.05) is 53.4 Å². The van der Waals surface area contributed by atoms with Crippen molar-refractivity contribution >= 4 is 28.4 Å². The Bertz CT molecular complexity index is 1520. The summed E-state index contributed by atoms with van der Waals surface area (Å²) < 4.78 is 4.67. The molecule has 0 aliphatic carbocycles. The average Bonchev–Trinajstić information content (AvgIpc) is 3.50. The fourth-order valence-corrected chi connectivity index (χ4v) is 3.86. The molecule has 34 heavy (non-hydrogen) atoms. The SMILES string of the molecule is Cc1nn(CC(=O)NCc2ccccn2)c(=O)c2c(-n3cccc3)n(-c3ccc(Cl)cc3)nc12. The van der Waals surface area contributed by atoms with Crippen molar-refractivity contribution < 1.29 is 4.79 Å². The predicted molar refractivity (Wildman–Crippen MR) is 128 cm³/mol. The predicted octanol–water partition coefficient (Wildman–Crippen LogP) is 3.05. The lowest BCUT2D eigenvalue weighted by molar-refractivity contribution is -0.122. The first-order chi connectivity index (χ1) is 16.5. The van der Waals surface area contributed by atoms with E-state index in [0.29, 0.717) is 27.4 Å². The molecule has 0 atom stereocenters. The number of nitrogens with zero attached hydrogens (tertiary/aromatic N) is 6. The van der Waals surface area contributed by atoms with E-state index < -0.39 is 5.56 Å². The van der Waals surface area contributed by atoms with Crippen LogP contribution in [0, 0.1) is 6.92 Å². The van der Waals surface area contributed by atoms with Crippen LogP contribution in [-0.4, -0.2) is 35.0 Å². The van der Waals surface area contributed by atoms with E-state index in [4.69, 9.17) is 16.7 Å². The molecule has 0 saturated carbocycles. The summed E-state index contributed by atoms with van der Waals surface area (Å²) in [5, 5.41) is 12.8. The molecule has 9 nitrogen and oxygen atoms in total. The number of benzene rings is 1. The van der Waals surface area contributed by atoms with Crippen LogP contribution in [0.15, 0.2) is 78.0 Å². The Hall–Kier alpha value is -4.24. The first kappa shape index (κ1) is 21.6. The molecule has 10 heteroatoms. The van der Waals surface area contributed by atoms with Crippen molar-refractivity contribution in [2.45, 2.75) is 20.0 Å². The van der Waals surface area contributed by atoms with Gasteiger partial charge in [0.25, 0.3) is 5.56 Å². The number of pyridine rings is 1. The molecular formula is C24H20ClN7O2. The lowest BCUT2D eigenvalue weighted by Crippen LogP contribution is -2.34. The third kappa shape index (κ3) is 4.08. The van der Waals surface area contributed by atoms with Crippen LogP contribution in [0.25, 0.3) is 22.4 Å². The van der Waals surface area contributed by atoms with Gasteiger partial charge in [0.15, 0.2) is 5.82 Å². The van der Waals surface area contributed by atoms with E-state index in [-0.39, 0.29) is 19.0 Å². The van der Waals surface area contributed by atoms with E-state index in [1.54, 1.807) is 36.0 Å². The summed E-state index contributed by atoms with van der Waals surface area (Å²) >= 11 is 6.06. The zero-order valence-corrected chi connectivity index (χ0v) is 19.0. The fourth-order valence-electron chi connectivity index (χ4n) is 3.73. The van der Waals surface area contributed by atoms with Crippen LogP contribution in [0.5, 0.6) is 0 Å². The van der Waals surface area contributed by atoms with Gasteiger partial charge in [0.2, 0.25) is 5.91 Å². The van der Waals surface area contributed by atoms with Crippen molar-refractivity contribution in [3.8, 4) is 11.5 Å². The van der Waals surface area contributed by atoms with Crippen molar-refractivity contribution in [2.24, 2.45) is 0 Å². The van der Waals surface area contributed by atoms with Crippen molar-refractivity contribution in [2.75, 3.05) is 0 Å². The number of fused-ring (bicyclic) bond motifs is 1. The minimum Gasteiger partial charge on any atom is -0.349 e. The van der Waals surface area contributed by atoms with E-state index in [0.717, 1.165) is 11.4 Å². The standard InChI is InChI=1S/C24H20ClN7O2/c1-16-22-21(24(34)31(28-16)15-20(33)27-14-18-6-2-3-11-26-18)23(30-12-4-5-13-30)32(29-22)19-9-7-17(25)8-10-19/h2-13H,14-15H2,1H3,(H,27,33). The Morgan fingerprint density at radius 3 is 2.50 bits per heavy atom. The lowest BCUT2D eigenvalue weighted by Gasteiger charge is -2.10. The zero-order valence-electron chi connectivity index (χ0n) is 18.2. The van der Waals surface area contributed by atoms with Crippen LogP contribution in [-0.2, 0) is 17.9 Å². The minimum atomic E-state index is -0.405. The van der Waals surface area contributed by atoms with Crippen LogP contribution in [0.4, 0.5) is 0 Å². The maximum absolute atomic E-state index is 13.5. The van der Waals surface area contributed by atoms with Gasteiger partial charge in [-0.25, -0.2) is 9.36 Å². The number of hydrogen-bond donors (Lipinski definition) is 1. The molecule has 0 spiro atoms. The number of carbonyl (C=O) groups excluding carboxylic acids is 1. The third-order valence-electron chi connectivity index (χ3n) is 5.33. The summed E-state index contributed by atoms with van der Waals surface area (Å²) in [6, 6.07) is 16.4. The molecular weight excluding hydrogens is 454 g/mol. The molecule has 5 aromatic rings. The highest BCUT2D eigenvalue weighted by molar-refractivity contribution is 6.30. The summed E-state index contributed by atoms with van der Waals surface area (Å²) in [7, 11) is 0. The fraction of sp³-hybridized carbons (Fsp3) is 0.125. The topological polar surface area (TPSA) is 99.6 Å². The molecule has 1 aromatic carbocycles. The largest absolute Gasteiger partial charge is 0.349 e. The summed E-state index contributed by atoms with van der Waals surface area (Å²) in [4.78, 5) is 30.3. The van der Waals surface area contributed by atoms with Gasteiger partial charge in [-0.2, -0.15) is 10.2 Å². The number of hydrogen-bond acceptors (Lipinski definition) is 5. The van der Waals surface area contributed by atoms with Crippen molar-refractivity contribution in [1.82, 2.24) is 34.4 Å². The molecule has 0 fully saturated rings. The number of halogens is 1. The second-order valence-corrected chi connectivity index (χ2v) is 8.11. The lowest BCUT2D eigenvalue weighted by atomic mass is 10.2. The number of aromatic nitrogens is 6. The van der Waals surface area contributed by atoms with Gasteiger partial charge >= 0.3 is 0 Å². The van der Waals surface area contributed by atoms with Gasteiger partial charge in [-0.05, 0) is 55.5 Å². The highest BCUT2D eigenvalue weighted by Crippen LogP contribution is 2.25. The second-order valence-electron chi connectivity index (χ2n) is 7.67. The third-order valence-corrected chi connectivity index (χ3v) is 5.58. The van der Waals surface area contributed by atoms with E-state index in [9.17, 15) is 9.59 Å². The summed E-state index contributed by atoms with van der Waals surface area (Å²) in [5.41, 5.74) is 2.06. The highest BCUT2D eigenvalue weighted by Gasteiger charge is 2.22. The van der Waals surface area contributed by atoms with Crippen LogP contribution < -0.4 is 10.9 Å². The number of aryl methyl sites for hydroxylation is 1. The van der Waals surface area contributed by atoms with Gasteiger partial charge in [-0.3, -0.25) is 14.6 Å². The maximum Gasteiger partial charge on any atom is 0.280 e. The molecule has 0 aliphatic rings. The van der Waals surface area contributed by atoms with Crippen molar-refractivity contribution in [3.05, 3.63) is 100.0 Å². The molecule has 4 aromatic heterocycles. The van der Waals surface area contributed by atoms with Crippen LogP contribution in [0.2, 0.25) is 5.02 Å². The van der Waals surface area contributed by atoms with Crippen LogP contribution >= 0.6 is 11.6 Å².